The second-order valence-corrected chi connectivity index (χ2v) is 2.96. The molecule has 0 N–H and O–H groups in total. The molecular weight excluding hydrogens is 152 g/mol. The molecule has 0 fully saturated rings. The van der Waals surface area contributed by atoms with Crippen LogP contribution in [0.3, 0.4) is 0 Å². The second-order valence-electron chi connectivity index (χ2n) is 2.96. The first-order chi connectivity index (χ1) is 5.74. The molecule has 0 spiro atoms. The van der Waals surface area contributed by atoms with Crippen LogP contribution in [0.4, 0.5) is 0 Å². The highest BCUT2D eigenvalue weighted by Crippen LogP contribution is 2.38. The lowest BCUT2D eigenvalue weighted by Gasteiger charge is -2.02. The largest absolute Gasteiger partial charge is 0.298 e. The fourth-order valence-electron chi connectivity index (χ4n) is 1.07. The third kappa shape index (κ3) is 1.03. The molecule has 0 atom stereocenters. The van der Waals surface area contributed by atoms with Crippen molar-refractivity contribution in [2.24, 2.45) is 10.2 Å². The van der Waals surface area contributed by atoms with Crippen LogP contribution < -0.4 is 0 Å². The fraction of sp³-hybridized carbons (Fsp3) is 0.222. The number of carbonyl (C=O) groups excluding carboxylic acids is 1. The van der Waals surface area contributed by atoms with Crippen LogP contribution >= 0.6 is 0 Å². The lowest BCUT2D eigenvalue weighted by molar-refractivity contribution is 0.112. The summed E-state index contributed by atoms with van der Waals surface area (Å²) in [6.07, 6.45) is 0.827. The van der Waals surface area contributed by atoms with Gasteiger partial charge in [-0.05, 0) is 6.92 Å². The average Bonchev–Trinajstić information content (AvgIpc) is 2.85. The molecule has 60 valence electrons. The quantitative estimate of drug-likeness (QED) is 0.611. The summed E-state index contributed by atoms with van der Waals surface area (Å²) >= 11 is 0. The van der Waals surface area contributed by atoms with Gasteiger partial charge in [0, 0.05) is 11.1 Å². The first-order valence-corrected chi connectivity index (χ1v) is 3.74. The molecule has 0 bridgehead atoms. The zero-order valence-electron chi connectivity index (χ0n) is 6.69. The molecule has 1 aliphatic rings. The number of hydrogen-bond donors (Lipinski definition) is 0. The molecule has 0 saturated carbocycles. The van der Waals surface area contributed by atoms with Gasteiger partial charge in [0.05, 0.1) is 0 Å². The summed E-state index contributed by atoms with van der Waals surface area (Å²) in [6, 6.07) is 7.31. The van der Waals surface area contributed by atoms with E-state index in [1.54, 1.807) is 12.1 Å². The molecule has 0 aliphatic carbocycles. The van der Waals surface area contributed by atoms with Gasteiger partial charge >= 0.3 is 0 Å². The van der Waals surface area contributed by atoms with Gasteiger partial charge in [-0.3, -0.25) is 4.79 Å². The van der Waals surface area contributed by atoms with Crippen LogP contribution in [0, 0.1) is 0 Å². The van der Waals surface area contributed by atoms with Crippen molar-refractivity contribution in [3.8, 4) is 0 Å². The molecule has 0 aromatic heterocycles. The first kappa shape index (κ1) is 7.16. The number of hydrogen-bond acceptors (Lipinski definition) is 3. The van der Waals surface area contributed by atoms with E-state index in [0.717, 1.165) is 11.8 Å². The van der Waals surface area contributed by atoms with E-state index in [2.05, 4.69) is 10.2 Å². The van der Waals surface area contributed by atoms with E-state index in [1.807, 2.05) is 19.1 Å². The third-order valence-electron chi connectivity index (χ3n) is 1.99. The van der Waals surface area contributed by atoms with Crippen LogP contribution in [-0.2, 0) is 5.66 Å². The molecule has 0 amide bonds. The zero-order chi connectivity index (χ0) is 8.60. The summed E-state index contributed by atoms with van der Waals surface area (Å²) in [7, 11) is 0. The number of benzene rings is 1. The van der Waals surface area contributed by atoms with Gasteiger partial charge in [0.15, 0.2) is 0 Å². The van der Waals surface area contributed by atoms with E-state index in [-0.39, 0.29) is 5.66 Å². The minimum atomic E-state index is -0.332. The number of nitrogens with zero attached hydrogens (tertiary/aromatic N) is 2. The maximum atomic E-state index is 10.3. The maximum Gasteiger partial charge on any atom is 0.213 e. The smallest absolute Gasteiger partial charge is 0.213 e. The van der Waals surface area contributed by atoms with Crippen molar-refractivity contribution in [3.05, 3.63) is 35.4 Å². The molecule has 1 aromatic carbocycles. The van der Waals surface area contributed by atoms with Crippen LogP contribution in [0.2, 0.25) is 0 Å². The van der Waals surface area contributed by atoms with Crippen LogP contribution in [0.5, 0.6) is 0 Å². The average molecular weight is 160 g/mol. The number of carbonyl (C=O) groups is 1. The summed E-state index contributed by atoms with van der Waals surface area (Å²) in [5.41, 5.74) is 1.39. The second kappa shape index (κ2) is 2.24. The Hall–Kier alpha value is -1.51. The monoisotopic (exact) mass is 160 g/mol. The minimum absolute atomic E-state index is 0.332. The van der Waals surface area contributed by atoms with Crippen LogP contribution in [0.25, 0.3) is 0 Å². The van der Waals surface area contributed by atoms with Crippen molar-refractivity contribution < 1.29 is 4.79 Å². The van der Waals surface area contributed by atoms with Gasteiger partial charge in [0.25, 0.3) is 0 Å². The molecule has 0 radical (unpaired) electrons. The fourth-order valence-corrected chi connectivity index (χ4v) is 1.07. The number of rotatable bonds is 2. The molecule has 1 aliphatic heterocycles. The Labute approximate surface area is 70.1 Å². The normalized spacial score (nSPS) is 17.4. The Morgan fingerprint density at radius 2 is 1.83 bits per heavy atom. The van der Waals surface area contributed by atoms with Crippen molar-refractivity contribution in [3.63, 3.8) is 0 Å². The Kier molecular flexibility index (Phi) is 1.33. The lowest BCUT2D eigenvalue weighted by atomic mass is 10.0. The molecule has 3 heteroatoms. The Bertz CT molecular complexity index is 334. The highest BCUT2D eigenvalue weighted by Gasteiger charge is 2.35. The third-order valence-corrected chi connectivity index (χ3v) is 1.99. The van der Waals surface area contributed by atoms with Crippen LogP contribution in [0.1, 0.15) is 22.8 Å². The topological polar surface area (TPSA) is 41.8 Å². The summed E-state index contributed by atoms with van der Waals surface area (Å²) in [5.74, 6) is 0. The lowest BCUT2D eigenvalue weighted by Crippen LogP contribution is -2.00. The van der Waals surface area contributed by atoms with Gasteiger partial charge in [-0.25, -0.2) is 0 Å². The van der Waals surface area contributed by atoms with Crippen LogP contribution in [0.15, 0.2) is 34.5 Å². The molecular formula is C9H8N2O. The predicted molar refractivity (Wildman–Crippen MR) is 44.0 cm³/mol. The maximum absolute atomic E-state index is 10.3. The summed E-state index contributed by atoms with van der Waals surface area (Å²) in [5, 5.41) is 7.79. The molecule has 3 nitrogen and oxygen atoms in total. The van der Waals surface area contributed by atoms with Gasteiger partial charge in [0.1, 0.15) is 6.29 Å². The van der Waals surface area contributed by atoms with Gasteiger partial charge in [-0.2, -0.15) is 10.2 Å². The van der Waals surface area contributed by atoms with Crippen molar-refractivity contribution in [2.75, 3.05) is 0 Å². The van der Waals surface area contributed by atoms with Gasteiger partial charge < -0.3 is 0 Å². The van der Waals surface area contributed by atoms with Crippen molar-refractivity contribution in [1.82, 2.24) is 0 Å². The molecule has 1 heterocycles. The highest BCUT2D eigenvalue weighted by atomic mass is 16.1. The van der Waals surface area contributed by atoms with E-state index in [1.165, 1.54) is 0 Å². The molecule has 12 heavy (non-hydrogen) atoms. The molecule has 1 aromatic rings. The van der Waals surface area contributed by atoms with Crippen molar-refractivity contribution >= 4 is 6.29 Å². The van der Waals surface area contributed by atoms with Gasteiger partial charge in [-0.15, -0.1) is 0 Å². The first-order valence-electron chi connectivity index (χ1n) is 3.74. The molecule has 0 saturated heterocycles. The Balaban J connectivity index is 2.31. The summed E-state index contributed by atoms with van der Waals surface area (Å²) in [6.45, 7) is 1.93. The molecule has 0 unspecified atom stereocenters. The standard InChI is InChI=1S/C9H8N2O/c1-9(10-11-9)8-4-2-7(6-12)3-5-8/h2-6H,1H3. The SMILES string of the molecule is CC1(c2ccc(C=O)cc2)N=N1. The predicted octanol–water partition coefficient (Wildman–Crippen LogP) is 2.14. The van der Waals surface area contributed by atoms with E-state index < -0.39 is 0 Å². The minimum Gasteiger partial charge on any atom is -0.298 e. The van der Waals surface area contributed by atoms with E-state index in [9.17, 15) is 4.79 Å². The highest BCUT2D eigenvalue weighted by molar-refractivity contribution is 5.74. The van der Waals surface area contributed by atoms with E-state index in [4.69, 9.17) is 0 Å². The number of aldehydes is 1. The zero-order valence-corrected chi connectivity index (χ0v) is 6.69. The van der Waals surface area contributed by atoms with E-state index >= 15 is 0 Å². The summed E-state index contributed by atoms with van der Waals surface area (Å²) in [4.78, 5) is 10.3. The van der Waals surface area contributed by atoms with Crippen LogP contribution in [-0.4, -0.2) is 6.29 Å². The van der Waals surface area contributed by atoms with E-state index in [0.29, 0.717) is 5.56 Å². The molecule has 2 rings (SSSR count). The van der Waals surface area contributed by atoms with Gasteiger partial charge in [0.2, 0.25) is 5.66 Å². The van der Waals surface area contributed by atoms with Crippen molar-refractivity contribution in [2.45, 2.75) is 12.6 Å². The van der Waals surface area contributed by atoms with Crippen molar-refractivity contribution in [1.29, 1.82) is 0 Å². The Morgan fingerprint density at radius 1 is 1.25 bits per heavy atom. The van der Waals surface area contributed by atoms with Gasteiger partial charge in [-0.1, -0.05) is 24.3 Å². The summed E-state index contributed by atoms with van der Waals surface area (Å²) < 4.78 is 0. The Morgan fingerprint density at radius 3 is 2.25 bits per heavy atom.